The molecule has 1 amide bonds. The minimum atomic E-state index is -0.317. The molecule has 4 heteroatoms. The molecule has 2 aromatic carbocycles. The van der Waals surface area contributed by atoms with E-state index in [2.05, 4.69) is 4.98 Å². The molecule has 2 heterocycles. The molecule has 1 aromatic heterocycles. The molecule has 3 aromatic rings. The van der Waals surface area contributed by atoms with Crippen LogP contribution in [0.25, 0.3) is 10.9 Å². The van der Waals surface area contributed by atoms with Gasteiger partial charge in [0.05, 0.1) is 12.1 Å². The first-order valence-electron chi connectivity index (χ1n) is 7.37. The van der Waals surface area contributed by atoms with Crippen LogP contribution in [0.1, 0.15) is 11.1 Å². The van der Waals surface area contributed by atoms with Gasteiger partial charge >= 0.3 is 0 Å². The molecule has 22 heavy (non-hydrogen) atoms. The van der Waals surface area contributed by atoms with E-state index in [1.54, 1.807) is 11.0 Å². The summed E-state index contributed by atoms with van der Waals surface area (Å²) in [4.78, 5) is 17.4. The molecule has 0 radical (unpaired) electrons. The van der Waals surface area contributed by atoms with E-state index >= 15 is 0 Å². The Hall–Kier alpha value is -2.62. The summed E-state index contributed by atoms with van der Waals surface area (Å²) in [7, 11) is 0. The number of para-hydroxylation sites is 2. The predicted molar refractivity (Wildman–Crippen MR) is 84.5 cm³/mol. The molecule has 3 nitrogen and oxygen atoms in total. The molecule has 0 saturated carbocycles. The predicted octanol–water partition coefficient (Wildman–Crippen LogP) is 3.44. The van der Waals surface area contributed by atoms with Crippen molar-refractivity contribution in [3.8, 4) is 0 Å². The number of fused-ring (bicyclic) bond motifs is 2. The number of hydrogen-bond acceptors (Lipinski definition) is 1. The zero-order valence-corrected chi connectivity index (χ0v) is 12.0. The van der Waals surface area contributed by atoms with E-state index in [1.807, 2.05) is 36.5 Å². The highest BCUT2D eigenvalue weighted by Crippen LogP contribution is 2.31. The number of hydrogen-bond donors (Lipinski definition) is 1. The van der Waals surface area contributed by atoms with Gasteiger partial charge in [0.2, 0.25) is 5.91 Å². The third kappa shape index (κ3) is 1.99. The van der Waals surface area contributed by atoms with E-state index in [4.69, 9.17) is 0 Å². The summed E-state index contributed by atoms with van der Waals surface area (Å²) in [5.41, 5.74) is 3.32. The lowest BCUT2D eigenvalue weighted by Crippen LogP contribution is -2.30. The minimum Gasteiger partial charge on any atom is -0.361 e. The zero-order valence-electron chi connectivity index (χ0n) is 12.0. The Kier molecular flexibility index (Phi) is 2.96. The van der Waals surface area contributed by atoms with Gasteiger partial charge in [0, 0.05) is 23.6 Å². The Morgan fingerprint density at radius 1 is 1.18 bits per heavy atom. The summed E-state index contributed by atoms with van der Waals surface area (Å²) < 4.78 is 14.0. The van der Waals surface area contributed by atoms with Gasteiger partial charge in [-0.15, -0.1) is 0 Å². The lowest BCUT2D eigenvalue weighted by atomic mass is 10.1. The van der Waals surface area contributed by atoms with E-state index in [-0.39, 0.29) is 18.1 Å². The maximum atomic E-state index is 14.0. The van der Waals surface area contributed by atoms with Crippen molar-refractivity contribution in [2.24, 2.45) is 0 Å². The quantitative estimate of drug-likeness (QED) is 0.772. The van der Waals surface area contributed by atoms with Crippen molar-refractivity contribution in [3.05, 3.63) is 65.6 Å². The normalized spacial score (nSPS) is 13.6. The van der Waals surface area contributed by atoms with E-state index in [1.165, 1.54) is 6.07 Å². The maximum Gasteiger partial charge on any atom is 0.231 e. The molecule has 110 valence electrons. The molecule has 0 bridgehead atoms. The van der Waals surface area contributed by atoms with Crippen molar-refractivity contribution >= 4 is 22.5 Å². The van der Waals surface area contributed by atoms with Crippen molar-refractivity contribution in [1.29, 1.82) is 0 Å². The number of anilines is 1. The Labute approximate surface area is 127 Å². The Balaban J connectivity index is 1.65. The van der Waals surface area contributed by atoms with Crippen LogP contribution in [-0.2, 0) is 17.6 Å². The summed E-state index contributed by atoms with van der Waals surface area (Å²) >= 11 is 0. The van der Waals surface area contributed by atoms with Gasteiger partial charge in [-0.25, -0.2) is 4.39 Å². The second kappa shape index (κ2) is 4.98. The minimum absolute atomic E-state index is 0.0615. The standard InChI is InChI=1S/C18H15FN2O/c19-15-6-3-4-12-8-9-21(18(12)15)17(22)10-13-11-20-16-7-2-1-5-14(13)16/h1-7,11,20H,8-10H2. The number of carbonyl (C=O) groups excluding carboxylic acids is 1. The highest BCUT2D eigenvalue weighted by Gasteiger charge is 2.27. The van der Waals surface area contributed by atoms with Crippen LogP contribution < -0.4 is 4.90 Å². The number of aromatic amines is 1. The number of amides is 1. The molecule has 1 N–H and O–H groups in total. The van der Waals surface area contributed by atoms with E-state index in [0.29, 0.717) is 18.7 Å². The van der Waals surface area contributed by atoms with Gasteiger partial charge in [0.1, 0.15) is 5.82 Å². The Morgan fingerprint density at radius 2 is 2.05 bits per heavy atom. The van der Waals surface area contributed by atoms with Crippen molar-refractivity contribution in [2.75, 3.05) is 11.4 Å². The molecule has 1 aliphatic rings. The summed E-state index contributed by atoms with van der Waals surface area (Å²) in [5.74, 6) is -0.379. The number of carbonyl (C=O) groups is 1. The molecule has 0 spiro atoms. The van der Waals surface area contributed by atoms with Crippen LogP contribution in [0.2, 0.25) is 0 Å². The largest absolute Gasteiger partial charge is 0.361 e. The summed E-state index contributed by atoms with van der Waals surface area (Å²) in [6.07, 6.45) is 2.85. The molecular formula is C18H15FN2O. The van der Waals surface area contributed by atoms with Crippen molar-refractivity contribution in [3.63, 3.8) is 0 Å². The third-order valence-corrected chi connectivity index (χ3v) is 4.26. The lowest BCUT2D eigenvalue weighted by molar-refractivity contribution is -0.117. The van der Waals surface area contributed by atoms with E-state index in [0.717, 1.165) is 22.0 Å². The van der Waals surface area contributed by atoms with Gasteiger partial charge in [-0.05, 0) is 29.7 Å². The first kappa shape index (κ1) is 13.1. The van der Waals surface area contributed by atoms with E-state index < -0.39 is 0 Å². The zero-order chi connectivity index (χ0) is 15.1. The third-order valence-electron chi connectivity index (χ3n) is 4.26. The fourth-order valence-electron chi connectivity index (χ4n) is 3.19. The molecule has 1 aliphatic heterocycles. The molecule has 0 aliphatic carbocycles. The molecule has 0 unspecified atom stereocenters. The van der Waals surface area contributed by atoms with Gasteiger partial charge in [-0.1, -0.05) is 30.3 Å². The topological polar surface area (TPSA) is 36.1 Å². The number of halogens is 1. The second-order valence-corrected chi connectivity index (χ2v) is 5.58. The van der Waals surface area contributed by atoms with Crippen LogP contribution in [0.5, 0.6) is 0 Å². The highest BCUT2D eigenvalue weighted by atomic mass is 19.1. The summed E-state index contributed by atoms with van der Waals surface area (Å²) in [5, 5.41) is 1.05. The van der Waals surface area contributed by atoms with Gasteiger partial charge in [0.25, 0.3) is 0 Å². The number of aromatic nitrogens is 1. The number of rotatable bonds is 2. The summed E-state index contributed by atoms with van der Waals surface area (Å²) in [6.45, 7) is 0.553. The van der Waals surface area contributed by atoms with Crippen molar-refractivity contribution in [2.45, 2.75) is 12.8 Å². The first-order valence-corrected chi connectivity index (χ1v) is 7.37. The highest BCUT2D eigenvalue weighted by molar-refractivity contribution is 5.99. The number of H-pyrrole nitrogens is 1. The second-order valence-electron chi connectivity index (χ2n) is 5.58. The number of nitrogens with one attached hydrogen (secondary N) is 1. The fraction of sp³-hybridized carbons (Fsp3) is 0.167. The van der Waals surface area contributed by atoms with Gasteiger partial charge in [-0.2, -0.15) is 0 Å². The van der Waals surface area contributed by atoms with Gasteiger partial charge in [-0.3, -0.25) is 4.79 Å². The van der Waals surface area contributed by atoms with Crippen LogP contribution in [0, 0.1) is 5.82 Å². The SMILES string of the molecule is O=C(Cc1c[nH]c2ccccc12)N1CCc2cccc(F)c21. The summed E-state index contributed by atoms with van der Waals surface area (Å²) in [6, 6.07) is 12.9. The van der Waals surface area contributed by atoms with Crippen LogP contribution in [0.4, 0.5) is 10.1 Å². The molecule has 0 saturated heterocycles. The molecule has 0 fully saturated rings. The van der Waals surface area contributed by atoms with Crippen LogP contribution in [0.15, 0.2) is 48.7 Å². The molecule has 0 atom stereocenters. The number of benzene rings is 2. The molecular weight excluding hydrogens is 279 g/mol. The smallest absolute Gasteiger partial charge is 0.231 e. The average molecular weight is 294 g/mol. The van der Waals surface area contributed by atoms with Crippen LogP contribution >= 0.6 is 0 Å². The molecule has 4 rings (SSSR count). The van der Waals surface area contributed by atoms with Gasteiger partial charge < -0.3 is 9.88 Å². The van der Waals surface area contributed by atoms with Gasteiger partial charge in [0.15, 0.2) is 0 Å². The van der Waals surface area contributed by atoms with Crippen molar-refractivity contribution in [1.82, 2.24) is 4.98 Å². The van der Waals surface area contributed by atoms with Crippen molar-refractivity contribution < 1.29 is 9.18 Å². The fourth-order valence-corrected chi connectivity index (χ4v) is 3.19. The monoisotopic (exact) mass is 294 g/mol. The maximum absolute atomic E-state index is 14.0. The Morgan fingerprint density at radius 3 is 2.95 bits per heavy atom. The van der Waals surface area contributed by atoms with E-state index in [9.17, 15) is 9.18 Å². The Bertz CT molecular complexity index is 868. The number of nitrogens with zero attached hydrogens (tertiary/aromatic N) is 1. The van der Waals surface area contributed by atoms with Crippen LogP contribution in [-0.4, -0.2) is 17.4 Å². The average Bonchev–Trinajstić information content (AvgIpc) is 3.13. The first-order chi connectivity index (χ1) is 10.7. The lowest BCUT2D eigenvalue weighted by Gasteiger charge is -2.17. The van der Waals surface area contributed by atoms with Crippen LogP contribution in [0.3, 0.4) is 0 Å².